The highest BCUT2D eigenvalue weighted by Crippen LogP contribution is 2.32. The number of carbonyl (C=O) groups excluding carboxylic acids is 2. The van der Waals surface area contributed by atoms with Crippen LogP contribution in [-0.4, -0.2) is 37.0 Å². The van der Waals surface area contributed by atoms with Crippen molar-refractivity contribution in [2.75, 3.05) is 25.1 Å². The van der Waals surface area contributed by atoms with Crippen molar-refractivity contribution >= 4 is 17.5 Å². The Kier molecular flexibility index (Phi) is 5.28. The van der Waals surface area contributed by atoms with E-state index in [4.69, 9.17) is 4.74 Å². The number of nitrogens with zero attached hydrogens (tertiary/aromatic N) is 2. The number of aromatic nitrogens is 1. The van der Waals surface area contributed by atoms with Crippen LogP contribution in [0, 0.1) is 5.92 Å². The summed E-state index contributed by atoms with van der Waals surface area (Å²) in [6, 6.07) is 11.2. The topological polar surface area (TPSA) is 71.5 Å². The van der Waals surface area contributed by atoms with Gasteiger partial charge >= 0.3 is 0 Å². The van der Waals surface area contributed by atoms with Crippen LogP contribution in [0.1, 0.15) is 12.0 Å². The van der Waals surface area contributed by atoms with Crippen LogP contribution in [0.15, 0.2) is 48.8 Å². The van der Waals surface area contributed by atoms with Crippen LogP contribution in [0.3, 0.4) is 0 Å². The molecule has 2 heterocycles. The van der Waals surface area contributed by atoms with Gasteiger partial charge in [0, 0.05) is 31.9 Å². The summed E-state index contributed by atoms with van der Waals surface area (Å²) in [6.07, 6.45) is 4.43. The molecule has 2 amide bonds. The lowest BCUT2D eigenvalue weighted by Crippen LogP contribution is -2.34. The maximum Gasteiger partial charge on any atom is 0.227 e. The van der Waals surface area contributed by atoms with Gasteiger partial charge in [-0.3, -0.25) is 14.6 Å². The number of para-hydroxylation sites is 2. The van der Waals surface area contributed by atoms with Gasteiger partial charge in [0.05, 0.1) is 18.7 Å². The standard InChI is InChI=1S/C19H21N3O3/c1-25-17-5-3-2-4-16(17)22-13-15(12-18(22)23)19(24)21-11-8-14-6-9-20-10-7-14/h2-7,9-10,15H,8,11-13H2,1H3,(H,21,24)/t15-/m1/s1. The zero-order valence-electron chi connectivity index (χ0n) is 14.1. The Hall–Kier alpha value is -2.89. The highest BCUT2D eigenvalue weighted by molar-refractivity contribution is 6.01. The predicted molar refractivity (Wildman–Crippen MR) is 94.4 cm³/mol. The monoisotopic (exact) mass is 339 g/mol. The Morgan fingerprint density at radius 2 is 2.04 bits per heavy atom. The summed E-state index contributed by atoms with van der Waals surface area (Å²) in [7, 11) is 1.57. The number of ether oxygens (including phenoxy) is 1. The van der Waals surface area contributed by atoms with E-state index < -0.39 is 0 Å². The lowest BCUT2D eigenvalue weighted by Gasteiger charge is -2.19. The zero-order valence-corrected chi connectivity index (χ0v) is 14.1. The van der Waals surface area contributed by atoms with Crippen molar-refractivity contribution in [3.05, 3.63) is 54.4 Å². The molecule has 1 atom stereocenters. The Morgan fingerprint density at radius 1 is 1.28 bits per heavy atom. The zero-order chi connectivity index (χ0) is 17.6. The van der Waals surface area contributed by atoms with Gasteiger partial charge in [0.2, 0.25) is 11.8 Å². The third kappa shape index (κ3) is 3.96. The molecule has 2 aromatic rings. The molecule has 0 unspecified atom stereocenters. The van der Waals surface area contributed by atoms with Crippen molar-refractivity contribution in [2.45, 2.75) is 12.8 Å². The second-order valence-electron chi connectivity index (χ2n) is 5.97. The lowest BCUT2D eigenvalue weighted by atomic mass is 10.1. The number of pyridine rings is 1. The summed E-state index contributed by atoms with van der Waals surface area (Å²) in [5.74, 6) is 0.156. The molecular weight excluding hydrogens is 318 g/mol. The Morgan fingerprint density at radius 3 is 2.80 bits per heavy atom. The van der Waals surface area contributed by atoms with E-state index in [0.29, 0.717) is 24.5 Å². The van der Waals surface area contributed by atoms with Gasteiger partial charge in [-0.05, 0) is 36.2 Å². The van der Waals surface area contributed by atoms with E-state index >= 15 is 0 Å². The van der Waals surface area contributed by atoms with Crippen LogP contribution < -0.4 is 15.0 Å². The molecule has 1 aliphatic heterocycles. The Balaban J connectivity index is 1.57. The van der Waals surface area contributed by atoms with Gasteiger partial charge in [-0.2, -0.15) is 0 Å². The number of hydrogen-bond donors (Lipinski definition) is 1. The maximum atomic E-state index is 12.4. The molecule has 1 fully saturated rings. The molecule has 0 saturated carbocycles. The SMILES string of the molecule is COc1ccccc1N1C[C@H](C(=O)NCCc2ccncc2)CC1=O. The highest BCUT2D eigenvalue weighted by atomic mass is 16.5. The fraction of sp³-hybridized carbons (Fsp3) is 0.316. The van der Waals surface area contributed by atoms with Gasteiger partial charge < -0.3 is 15.0 Å². The number of benzene rings is 1. The third-order valence-corrected chi connectivity index (χ3v) is 4.33. The fourth-order valence-corrected chi connectivity index (χ4v) is 2.99. The first-order valence-corrected chi connectivity index (χ1v) is 8.29. The van der Waals surface area contributed by atoms with Crippen molar-refractivity contribution in [2.24, 2.45) is 5.92 Å². The summed E-state index contributed by atoms with van der Waals surface area (Å²) >= 11 is 0. The molecule has 1 aromatic carbocycles. The van der Waals surface area contributed by atoms with Gasteiger partial charge in [-0.15, -0.1) is 0 Å². The first-order chi connectivity index (χ1) is 12.2. The van der Waals surface area contributed by atoms with Crippen molar-refractivity contribution in [3.63, 3.8) is 0 Å². The molecule has 0 spiro atoms. The molecule has 6 heteroatoms. The number of rotatable bonds is 6. The summed E-state index contributed by atoms with van der Waals surface area (Å²) in [5.41, 5.74) is 1.83. The molecule has 0 aliphatic carbocycles. The minimum absolute atomic E-state index is 0.0567. The van der Waals surface area contributed by atoms with E-state index in [1.807, 2.05) is 36.4 Å². The highest BCUT2D eigenvalue weighted by Gasteiger charge is 2.35. The van der Waals surface area contributed by atoms with Crippen LogP contribution in [0.25, 0.3) is 0 Å². The molecule has 0 radical (unpaired) electrons. The van der Waals surface area contributed by atoms with Gasteiger partial charge in [0.25, 0.3) is 0 Å². The number of amides is 2. The van der Waals surface area contributed by atoms with Crippen LogP contribution in [0.5, 0.6) is 5.75 Å². The van der Waals surface area contributed by atoms with Crippen LogP contribution in [0.4, 0.5) is 5.69 Å². The molecule has 1 aromatic heterocycles. The van der Waals surface area contributed by atoms with E-state index in [0.717, 1.165) is 12.0 Å². The van der Waals surface area contributed by atoms with E-state index in [1.54, 1.807) is 24.4 Å². The Labute approximate surface area is 146 Å². The molecule has 0 bridgehead atoms. The fourth-order valence-electron chi connectivity index (χ4n) is 2.99. The molecule has 130 valence electrons. The second-order valence-corrected chi connectivity index (χ2v) is 5.97. The van der Waals surface area contributed by atoms with Crippen LogP contribution in [0.2, 0.25) is 0 Å². The van der Waals surface area contributed by atoms with Crippen LogP contribution in [-0.2, 0) is 16.0 Å². The first kappa shape index (κ1) is 17.0. The summed E-state index contributed by atoms with van der Waals surface area (Å²) in [6.45, 7) is 0.919. The average molecular weight is 339 g/mol. The van der Waals surface area contributed by atoms with Crippen LogP contribution >= 0.6 is 0 Å². The van der Waals surface area contributed by atoms with Gasteiger partial charge in [0.15, 0.2) is 0 Å². The maximum absolute atomic E-state index is 12.4. The van der Waals surface area contributed by atoms with E-state index in [9.17, 15) is 9.59 Å². The number of methoxy groups -OCH3 is 1. The number of nitrogens with one attached hydrogen (secondary N) is 1. The van der Waals surface area contributed by atoms with E-state index in [-0.39, 0.29) is 24.2 Å². The second kappa shape index (κ2) is 7.79. The van der Waals surface area contributed by atoms with Gasteiger partial charge in [-0.25, -0.2) is 0 Å². The van der Waals surface area contributed by atoms with Gasteiger partial charge in [-0.1, -0.05) is 12.1 Å². The van der Waals surface area contributed by atoms with Crippen molar-refractivity contribution < 1.29 is 14.3 Å². The smallest absolute Gasteiger partial charge is 0.227 e. The van der Waals surface area contributed by atoms with Gasteiger partial charge in [0.1, 0.15) is 5.75 Å². The summed E-state index contributed by atoms with van der Waals surface area (Å²) in [5, 5.41) is 2.92. The average Bonchev–Trinajstić information content (AvgIpc) is 3.04. The molecule has 6 nitrogen and oxygen atoms in total. The minimum Gasteiger partial charge on any atom is -0.495 e. The molecule has 25 heavy (non-hydrogen) atoms. The number of carbonyl (C=O) groups is 2. The van der Waals surface area contributed by atoms with Crippen molar-refractivity contribution in [1.29, 1.82) is 0 Å². The lowest BCUT2D eigenvalue weighted by molar-refractivity contribution is -0.126. The Bertz CT molecular complexity index is 749. The van der Waals surface area contributed by atoms with E-state index in [1.165, 1.54) is 0 Å². The van der Waals surface area contributed by atoms with Crippen molar-refractivity contribution in [3.8, 4) is 5.75 Å². The number of anilines is 1. The number of hydrogen-bond acceptors (Lipinski definition) is 4. The summed E-state index contributed by atoms with van der Waals surface area (Å²) < 4.78 is 5.32. The molecular formula is C19H21N3O3. The first-order valence-electron chi connectivity index (χ1n) is 8.29. The molecule has 1 N–H and O–H groups in total. The minimum atomic E-state index is -0.338. The summed E-state index contributed by atoms with van der Waals surface area (Å²) in [4.78, 5) is 30.3. The van der Waals surface area contributed by atoms with Crippen molar-refractivity contribution in [1.82, 2.24) is 10.3 Å². The van der Waals surface area contributed by atoms with E-state index in [2.05, 4.69) is 10.3 Å². The normalized spacial score (nSPS) is 16.8. The molecule has 1 aliphatic rings. The third-order valence-electron chi connectivity index (χ3n) is 4.33. The largest absolute Gasteiger partial charge is 0.495 e. The molecule has 3 rings (SSSR count). The predicted octanol–water partition coefficient (Wildman–Crippen LogP) is 1.80. The quantitative estimate of drug-likeness (QED) is 0.871. The molecule has 1 saturated heterocycles.